The number of aromatic amines is 1. The second-order valence-corrected chi connectivity index (χ2v) is 11.4. The van der Waals surface area contributed by atoms with Crippen molar-refractivity contribution in [3.8, 4) is 0 Å². The Kier molecular flexibility index (Phi) is 5.39. The van der Waals surface area contributed by atoms with Crippen LogP contribution in [0.25, 0.3) is 77.1 Å². The average molecular weight is 528 g/mol. The number of hydrogen-bond acceptors (Lipinski definition) is 1. The first-order valence-corrected chi connectivity index (χ1v) is 14.4. The number of nitrogens with one attached hydrogen (secondary N) is 1. The van der Waals surface area contributed by atoms with Gasteiger partial charge in [0.1, 0.15) is 0 Å². The van der Waals surface area contributed by atoms with Crippen LogP contribution in [-0.4, -0.2) is 4.98 Å². The lowest BCUT2D eigenvalue weighted by Crippen LogP contribution is -1.76. The van der Waals surface area contributed by atoms with Crippen LogP contribution in [0.3, 0.4) is 0 Å². The van der Waals surface area contributed by atoms with Gasteiger partial charge in [0.05, 0.1) is 5.52 Å². The van der Waals surface area contributed by atoms with Crippen LogP contribution in [0.1, 0.15) is 22.3 Å². The molecule has 2 aromatic heterocycles. The van der Waals surface area contributed by atoms with E-state index >= 15 is 0 Å². The molecule has 0 aliphatic rings. The van der Waals surface area contributed by atoms with Crippen LogP contribution in [0.2, 0.25) is 0 Å². The maximum Gasteiger partial charge on any atom is 0.0545 e. The summed E-state index contributed by atoms with van der Waals surface area (Å²) in [5.41, 5.74) is 7.22. The normalized spacial score (nSPS) is 12.3. The Morgan fingerprint density at radius 1 is 0.425 bits per heavy atom. The van der Waals surface area contributed by atoms with Crippen molar-refractivity contribution < 1.29 is 0 Å². The second-order valence-electron chi connectivity index (χ2n) is 10.3. The van der Waals surface area contributed by atoms with Gasteiger partial charge in [-0.15, -0.1) is 11.3 Å². The van der Waals surface area contributed by atoms with Gasteiger partial charge >= 0.3 is 0 Å². The minimum absolute atomic E-state index is 1.17. The van der Waals surface area contributed by atoms with E-state index in [0.717, 1.165) is 0 Å². The maximum absolute atomic E-state index is 3.76. The van der Waals surface area contributed by atoms with E-state index in [-0.39, 0.29) is 0 Å². The molecule has 0 atom stereocenters. The fraction of sp³-hybridized carbons (Fsp3) is 0. The van der Waals surface area contributed by atoms with Gasteiger partial charge in [-0.2, -0.15) is 0 Å². The molecule has 2 heteroatoms. The van der Waals surface area contributed by atoms with E-state index in [0.29, 0.717) is 0 Å². The second kappa shape index (κ2) is 9.37. The van der Waals surface area contributed by atoms with Gasteiger partial charge < -0.3 is 4.98 Å². The van der Waals surface area contributed by atoms with Gasteiger partial charge in [-0.05, 0) is 34.4 Å². The molecule has 6 aromatic carbocycles. The number of hydrogen-bond donors (Lipinski definition) is 1. The largest absolute Gasteiger partial charge is 0.354 e. The van der Waals surface area contributed by atoms with Crippen LogP contribution in [0.15, 0.2) is 121 Å². The Bertz CT molecular complexity index is 2080. The molecule has 0 amide bonds. The van der Waals surface area contributed by atoms with E-state index in [4.69, 9.17) is 0 Å². The summed E-state index contributed by atoms with van der Waals surface area (Å²) in [7, 11) is 0. The van der Waals surface area contributed by atoms with Crippen molar-refractivity contribution in [3.63, 3.8) is 0 Å². The molecule has 8 rings (SSSR count). The summed E-state index contributed by atoms with van der Waals surface area (Å²) in [6, 6.07) is 43.6. The van der Waals surface area contributed by atoms with Gasteiger partial charge in [-0.1, -0.05) is 133 Å². The quantitative estimate of drug-likeness (QED) is 0.219. The molecule has 0 aliphatic heterocycles. The van der Waals surface area contributed by atoms with Crippen molar-refractivity contribution in [3.05, 3.63) is 144 Å². The highest BCUT2D eigenvalue weighted by Crippen LogP contribution is 2.41. The van der Waals surface area contributed by atoms with E-state index in [2.05, 4.69) is 145 Å². The summed E-state index contributed by atoms with van der Waals surface area (Å²) in [6.07, 6.45) is 8.73. The molecule has 0 saturated carbocycles. The fourth-order valence-electron chi connectivity index (χ4n) is 5.77. The van der Waals surface area contributed by atoms with Crippen LogP contribution >= 0.6 is 11.3 Å². The molecule has 0 fully saturated rings. The summed E-state index contributed by atoms with van der Waals surface area (Å²) < 4.78 is 2.67. The molecule has 188 valence electrons. The molecule has 0 saturated heterocycles. The molecule has 0 unspecified atom stereocenters. The predicted octanol–water partition coefficient (Wildman–Crippen LogP) is 11.2. The third-order valence-electron chi connectivity index (χ3n) is 7.79. The summed E-state index contributed by atoms with van der Waals surface area (Å²) in [5, 5.41) is 7.77. The van der Waals surface area contributed by atoms with E-state index in [9.17, 15) is 0 Å². The van der Waals surface area contributed by atoms with Gasteiger partial charge in [0, 0.05) is 47.2 Å². The number of benzene rings is 6. The van der Waals surface area contributed by atoms with Gasteiger partial charge in [-0.3, -0.25) is 0 Å². The van der Waals surface area contributed by atoms with Gasteiger partial charge in [0.25, 0.3) is 0 Å². The van der Waals surface area contributed by atoms with Gasteiger partial charge in [-0.25, -0.2) is 0 Å². The number of fused-ring (bicyclic) bond motifs is 9. The number of H-pyrrole nitrogens is 1. The first kappa shape index (κ1) is 23.0. The van der Waals surface area contributed by atoms with Crippen molar-refractivity contribution in [1.82, 2.24) is 4.98 Å². The smallest absolute Gasteiger partial charge is 0.0545 e. The van der Waals surface area contributed by atoms with Crippen molar-refractivity contribution in [2.45, 2.75) is 0 Å². The van der Waals surface area contributed by atoms with Crippen LogP contribution in [0, 0.1) is 0 Å². The van der Waals surface area contributed by atoms with E-state index < -0.39 is 0 Å². The minimum Gasteiger partial charge on any atom is -0.354 e. The van der Waals surface area contributed by atoms with Crippen molar-refractivity contribution in [1.29, 1.82) is 0 Å². The Morgan fingerprint density at radius 3 is 1.60 bits per heavy atom. The molecule has 40 heavy (non-hydrogen) atoms. The van der Waals surface area contributed by atoms with Crippen molar-refractivity contribution in [2.75, 3.05) is 0 Å². The topological polar surface area (TPSA) is 15.8 Å². The number of thiophene rings is 1. The molecule has 2 heterocycles. The number of rotatable bonds is 4. The minimum atomic E-state index is 1.17. The highest BCUT2D eigenvalue weighted by Gasteiger charge is 2.13. The van der Waals surface area contributed by atoms with E-state index in [1.54, 1.807) is 0 Å². The van der Waals surface area contributed by atoms with E-state index in [1.807, 2.05) is 17.4 Å². The third-order valence-corrected chi connectivity index (χ3v) is 8.99. The zero-order valence-corrected chi connectivity index (χ0v) is 22.6. The Hall–Kier alpha value is -4.92. The van der Waals surface area contributed by atoms with Crippen LogP contribution in [0.4, 0.5) is 0 Å². The SMILES string of the molecule is C(=C\c1ccc2c(c1)[nH]c1c2ccc2c1ccc1c3ccc(/C=C/c4ccccc4)cc3sc12)/c1ccccc1. The van der Waals surface area contributed by atoms with Crippen LogP contribution in [-0.2, 0) is 0 Å². The van der Waals surface area contributed by atoms with E-state index in [1.165, 1.54) is 75.0 Å². The lowest BCUT2D eigenvalue weighted by molar-refractivity contribution is 1.56. The molecule has 0 aliphatic carbocycles. The summed E-state index contributed by atoms with van der Waals surface area (Å²) in [6.45, 7) is 0. The van der Waals surface area contributed by atoms with Crippen molar-refractivity contribution >= 4 is 88.4 Å². The molecule has 1 nitrogen and oxygen atoms in total. The highest BCUT2D eigenvalue weighted by molar-refractivity contribution is 7.26. The molecule has 1 N–H and O–H groups in total. The van der Waals surface area contributed by atoms with Gasteiger partial charge in [0.15, 0.2) is 0 Å². The average Bonchev–Trinajstić information content (AvgIpc) is 3.58. The Balaban J connectivity index is 1.22. The fourth-order valence-corrected chi connectivity index (χ4v) is 7.05. The lowest BCUT2D eigenvalue weighted by atomic mass is 10.0. The molecular weight excluding hydrogens is 502 g/mol. The standard InChI is InChI=1S/C38H25NS/c1-3-7-25(8-4-1)11-13-27-15-17-29-31-19-22-34-32(37(31)39-35(29)23-27)20-21-33-30-18-16-28(24-36(30)40-38(33)34)14-12-26-9-5-2-6-10-26/h1-24,39H/b13-11+,14-12+. The Labute approximate surface area is 236 Å². The Morgan fingerprint density at radius 2 is 0.925 bits per heavy atom. The third kappa shape index (κ3) is 3.93. The first-order valence-electron chi connectivity index (χ1n) is 13.6. The number of aromatic nitrogens is 1. The summed E-state index contributed by atoms with van der Waals surface area (Å²) >= 11 is 1.89. The van der Waals surface area contributed by atoms with Crippen molar-refractivity contribution in [2.24, 2.45) is 0 Å². The molecular formula is C38H25NS. The summed E-state index contributed by atoms with van der Waals surface area (Å²) in [4.78, 5) is 3.76. The predicted molar refractivity (Wildman–Crippen MR) is 177 cm³/mol. The van der Waals surface area contributed by atoms with Gasteiger partial charge in [0.2, 0.25) is 0 Å². The first-order chi connectivity index (χ1) is 19.8. The molecule has 0 radical (unpaired) electrons. The van der Waals surface area contributed by atoms with Crippen LogP contribution < -0.4 is 0 Å². The monoisotopic (exact) mass is 527 g/mol. The highest BCUT2D eigenvalue weighted by atomic mass is 32.1. The zero-order valence-electron chi connectivity index (χ0n) is 21.8. The lowest BCUT2D eigenvalue weighted by Gasteiger charge is -2.02. The molecule has 0 spiro atoms. The zero-order chi connectivity index (χ0) is 26.5. The van der Waals surface area contributed by atoms with Crippen LogP contribution in [0.5, 0.6) is 0 Å². The molecule has 0 bridgehead atoms. The maximum atomic E-state index is 3.76. The molecule has 8 aromatic rings. The summed E-state index contributed by atoms with van der Waals surface area (Å²) in [5.74, 6) is 0.